The third-order valence-electron chi connectivity index (χ3n) is 3.14. The average molecular weight is 307 g/mol. The van der Waals surface area contributed by atoms with Crippen molar-refractivity contribution in [2.75, 3.05) is 11.9 Å². The zero-order valence-corrected chi connectivity index (χ0v) is 12.4. The van der Waals surface area contributed by atoms with E-state index in [1.54, 1.807) is 49.4 Å². The fourth-order valence-electron chi connectivity index (χ4n) is 2.15. The quantitative estimate of drug-likeness (QED) is 0.800. The van der Waals surface area contributed by atoms with Crippen molar-refractivity contribution in [3.8, 4) is 11.8 Å². The summed E-state index contributed by atoms with van der Waals surface area (Å²) in [5.41, 5.74) is 2.34. The van der Waals surface area contributed by atoms with Crippen molar-refractivity contribution in [2.24, 2.45) is 0 Å². The standard InChI is InChI=1S/C17H13N3O3/c1-11-19-14-8-13(6-7-16(14)23-11)20-17(21)10-22-15-5-3-2-4-12(15)9-18/h2-8H,10H2,1H3,(H,20,21). The molecule has 0 unspecified atom stereocenters. The number of oxazole rings is 1. The largest absolute Gasteiger partial charge is 0.482 e. The van der Waals surface area contributed by atoms with Gasteiger partial charge in [-0.15, -0.1) is 0 Å². The highest BCUT2D eigenvalue weighted by Crippen LogP contribution is 2.20. The number of aryl methyl sites for hydroxylation is 1. The van der Waals surface area contributed by atoms with Crippen LogP contribution in [0, 0.1) is 18.3 Å². The lowest BCUT2D eigenvalue weighted by Crippen LogP contribution is -2.20. The van der Waals surface area contributed by atoms with Gasteiger partial charge < -0.3 is 14.5 Å². The molecule has 0 saturated carbocycles. The van der Waals surface area contributed by atoms with E-state index in [4.69, 9.17) is 14.4 Å². The maximum atomic E-state index is 12.0. The molecule has 1 N–H and O–H groups in total. The second-order valence-corrected chi connectivity index (χ2v) is 4.86. The van der Waals surface area contributed by atoms with Gasteiger partial charge in [-0.05, 0) is 30.3 Å². The molecule has 1 amide bonds. The summed E-state index contributed by atoms with van der Waals surface area (Å²) in [6, 6.07) is 14.0. The molecule has 3 aromatic rings. The molecule has 0 fully saturated rings. The van der Waals surface area contributed by atoms with Gasteiger partial charge in [0, 0.05) is 12.6 Å². The molecule has 0 atom stereocenters. The minimum absolute atomic E-state index is 0.186. The lowest BCUT2D eigenvalue weighted by Gasteiger charge is -2.08. The van der Waals surface area contributed by atoms with Gasteiger partial charge in [0.05, 0.1) is 5.56 Å². The molecule has 0 aliphatic heterocycles. The van der Waals surface area contributed by atoms with Gasteiger partial charge in [-0.25, -0.2) is 4.98 Å². The summed E-state index contributed by atoms with van der Waals surface area (Å²) in [6.07, 6.45) is 0. The lowest BCUT2D eigenvalue weighted by atomic mass is 10.2. The Kier molecular flexibility index (Phi) is 3.93. The van der Waals surface area contributed by atoms with Crippen molar-refractivity contribution >= 4 is 22.7 Å². The number of para-hydroxylation sites is 1. The SMILES string of the molecule is Cc1nc2cc(NC(=O)COc3ccccc3C#N)ccc2o1. The Balaban J connectivity index is 1.65. The Morgan fingerprint density at radius 3 is 3.00 bits per heavy atom. The van der Waals surface area contributed by atoms with E-state index in [0.29, 0.717) is 34.0 Å². The van der Waals surface area contributed by atoms with Gasteiger partial charge in [0.2, 0.25) is 0 Å². The molecule has 23 heavy (non-hydrogen) atoms. The minimum atomic E-state index is -0.322. The van der Waals surface area contributed by atoms with Crippen LogP contribution in [0.15, 0.2) is 46.9 Å². The summed E-state index contributed by atoms with van der Waals surface area (Å²) in [4.78, 5) is 16.2. The average Bonchev–Trinajstić information content (AvgIpc) is 2.92. The van der Waals surface area contributed by atoms with Crippen LogP contribution in [0.2, 0.25) is 0 Å². The zero-order valence-electron chi connectivity index (χ0n) is 12.4. The molecule has 2 aromatic carbocycles. The summed E-state index contributed by atoms with van der Waals surface area (Å²) in [7, 11) is 0. The van der Waals surface area contributed by atoms with Gasteiger partial charge in [0.1, 0.15) is 17.3 Å². The smallest absolute Gasteiger partial charge is 0.262 e. The van der Waals surface area contributed by atoms with E-state index in [-0.39, 0.29) is 12.5 Å². The first-order valence-electron chi connectivity index (χ1n) is 6.94. The normalized spacial score (nSPS) is 10.3. The molecule has 0 bridgehead atoms. The highest BCUT2D eigenvalue weighted by atomic mass is 16.5. The molecule has 1 aromatic heterocycles. The number of rotatable bonds is 4. The first-order valence-corrected chi connectivity index (χ1v) is 6.94. The minimum Gasteiger partial charge on any atom is -0.482 e. The van der Waals surface area contributed by atoms with Crippen molar-refractivity contribution < 1.29 is 13.9 Å². The fourth-order valence-corrected chi connectivity index (χ4v) is 2.15. The number of carbonyl (C=O) groups excluding carboxylic acids is 1. The van der Waals surface area contributed by atoms with E-state index >= 15 is 0 Å². The van der Waals surface area contributed by atoms with Crippen LogP contribution in [0.4, 0.5) is 5.69 Å². The first kappa shape index (κ1) is 14.6. The maximum Gasteiger partial charge on any atom is 0.262 e. The molecule has 0 saturated heterocycles. The van der Waals surface area contributed by atoms with E-state index in [1.807, 2.05) is 6.07 Å². The number of benzene rings is 2. The van der Waals surface area contributed by atoms with E-state index < -0.39 is 0 Å². The summed E-state index contributed by atoms with van der Waals surface area (Å²) in [5, 5.41) is 11.7. The maximum absolute atomic E-state index is 12.0. The monoisotopic (exact) mass is 307 g/mol. The zero-order chi connectivity index (χ0) is 16.2. The van der Waals surface area contributed by atoms with Crippen LogP contribution < -0.4 is 10.1 Å². The van der Waals surface area contributed by atoms with Crippen LogP contribution in [-0.4, -0.2) is 17.5 Å². The number of nitriles is 1. The van der Waals surface area contributed by atoms with Gasteiger partial charge in [-0.1, -0.05) is 12.1 Å². The molecule has 1 heterocycles. The molecule has 3 rings (SSSR count). The first-order chi connectivity index (χ1) is 11.2. The summed E-state index contributed by atoms with van der Waals surface area (Å²) >= 11 is 0. The Morgan fingerprint density at radius 2 is 2.17 bits per heavy atom. The van der Waals surface area contributed by atoms with E-state index in [1.165, 1.54) is 0 Å². The molecular formula is C17H13N3O3. The van der Waals surface area contributed by atoms with Crippen LogP contribution in [0.3, 0.4) is 0 Å². The number of nitrogens with one attached hydrogen (secondary N) is 1. The predicted octanol–water partition coefficient (Wildman–Crippen LogP) is 3.03. The van der Waals surface area contributed by atoms with Crippen molar-refractivity contribution in [3.63, 3.8) is 0 Å². The van der Waals surface area contributed by atoms with Crippen LogP contribution in [0.5, 0.6) is 5.75 Å². The molecule has 6 nitrogen and oxygen atoms in total. The number of aromatic nitrogens is 1. The molecule has 114 valence electrons. The number of fused-ring (bicyclic) bond motifs is 1. The summed E-state index contributed by atoms with van der Waals surface area (Å²) in [5.74, 6) is 0.630. The van der Waals surface area contributed by atoms with Crippen molar-refractivity contribution in [2.45, 2.75) is 6.92 Å². The van der Waals surface area contributed by atoms with Crippen LogP contribution >= 0.6 is 0 Å². The summed E-state index contributed by atoms with van der Waals surface area (Å²) < 4.78 is 10.8. The molecule has 0 aliphatic carbocycles. The van der Waals surface area contributed by atoms with Crippen LogP contribution in [0.25, 0.3) is 11.1 Å². The third kappa shape index (κ3) is 3.30. The molecule has 0 spiro atoms. The highest BCUT2D eigenvalue weighted by Gasteiger charge is 2.08. The Hall–Kier alpha value is -3.33. The van der Waals surface area contributed by atoms with Gasteiger partial charge in [-0.3, -0.25) is 4.79 Å². The fraction of sp³-hybridized carbons (Fsp3) is 0.118. The number of ether oxygens (including phenoxy) is 1. The van der Waals surface area contributed by atoms with Crippen LogP contribution in [0.1, 0.15) is 11.5 Å². The van der Waals surface area contributed by atoms with Crippen molar-refractivity contribution in [3.05, 3.63) is 53.9 Å². The van der Waals surface area contributed by atoms with E-state index in [2.05, 4.69) is 10.3 Å². The van der Waals surface area contributed by atoms with Gasteiger partial charge in [0.25, 0.3) is 5.91 Å². The molecule has 0 radical (unpaired) electrons. The second kappa shape index (κ2) is 6.20. The van der Waals surface area contributed by atoms with Gasteiger partial charge in [0.15, 0.2) is 18.1 Å². The summed E-state index contributed by atoms with van der Waals surface area (Å²) in [6.45, 7) is 1.58. The molecule has 6 heteroatoms. The topological polar surface area (TPSA) is 88.1 Å². The number of anilines is 1. The Labute approximate surface area is 132 Å². The number of nitrogens with zero attached hydrogens (tertiary/aromatic N) is 2. The number of hydrogen-bond donors (Lipinski definition) is 1. The lowest BCUT2D eigenvalue weighted by molar-refractivity contribution is -0.118. The number of carbonyl (C=O) groups is 1. The second-order valence-electron chi connectivity index (χ2n) is 4.86. The molecular weight excluding hydrogens is 294 g/mol. The number of hydrogen-bond acceptors (Lipinski definition) is 5. The predicted molar refractivity (Wildman–Crippen MR) is 84.0 cm³/mol. The Morgan fingerprint density at radius 1 is 1.35 bits per heavy atom. The Bertz CT molecular complexity index is 909. The third-order valence-corrected chi connectivity index (χ3v) is 3.14. The number of amides is 1. The molecule has 0 aliphatic rings. The highest BCUT2D eigenvalue weighted by molar-refractivity contribution is 5.93. The van der Waals surface area contributed by atoms with Gasteiger partial charge in [-0.2, -0.15) is 5.26 Å². The van der Waals surface area contributed by atoms with Gasteiger partial charge >= 0.3 is 0 Å². The van der Waals surface area contributed by atoms with E-state index in [0.717, 1.165) is 0 Å². The van der Waals surface area contributed by atoms with Crippen LogP contribution in [-0.2, 0) is 4.79 Å². The van der Waals surface area contributed by atoms with Crippen molar-refractivity contribution in [1.82, 2.24) is 4.98 Å². The van der Waals surface area contributed by atoms with E-state index in [9.17, 15) is 4.79 Å². The van der Waals surface area contributed by atoms with Crippen molar-refractivity contribution in [1.29, 1.82) is 5.26 Å².